The second kappa shape index (κ2) is 6.40. The summed E-state index contributed by atoms with van der Waals surface area (Å²) in [6, 6.07) is 20.0. The highest BCUT2D eigenvalue weighted by atomic mass is 19.1. The van der Waals surface area contributed by atoms with Gasteiger partial charge < -0.3 is 16.4 Å². The molecule has 116 valence electrons. The van der Waals surface area contributed by atoms with Crippen molar-refractivity contribution in [3.8, 4) is 0 Å². The number of nitrogen functional groups attached to an aromatic ring is 1. The van der Waals surface area contributed by atoms with E-state index in [1.807, 2.05) is 49.4 Å². The Bertz CT molecular complexity index is 796. The molecule has 0 bridgehead atoms. The Morgan fingerprint density at radius 2 is 1.30 bits per heavy atom. The molecule has 0 spiro atoms. The molecule has 0 heterocycles. The van der Waals surface area contributed by atoms with Crippen molar-refractivity contribution in [3.63, 3.8) is 0 Å². The predicted molar refractivity (Wildman–Crippen MR) is 95.0 cm³/mol. The quantitative estimate of drug-likeness (QED) is 0.580. The van der Waals surface area contributed by atoms with Gasteiger partial charge in [-0.1, -0.05) is 17.7 Å². The van der Waals surface area contributed by atoms with Crippen LogP contribution < -0.4 is 16.4 Å². The van der Waals surface area contributed by atoms with E-state index in [1.165, 1.54) is 17.7 Å². The molecule has 0 aromatic heterocycles. The molecule has 0 fully saturated rings. The van der Waals surface area contributed by atoms with Crippen molar-refractivity contribution in [1.82, 2.24) is 0 Å². The zero-order chi connectivity index (χ0) is 16.2. The first-order valence-electron chi connectivity index (χ1n) is 7.36. The van der Waals surface area contributed by atoms with Gasteiger partial charge in [-0.2, -0.15) is 0 Å². The van der Waals surface area contributed by atoms with E-state index in [1.54, 1.807) is 12.1 Å². The zero-order valence-electron chi connectivity index (χ0n) is 12.8. The van der Waals surface area contributed by atoms with Crippen LogP contribution in [0.15, 0.2) is 66.7 Å². The van der Waals surface area contributed by atoms with E-state index in [9.17, 15) is 4.39 Å². The highest BCUT2D eigenvalue weighted by Crippen LogP contribution is 2.28. The van der Waals surface area contributed by atoms with Crippen molar-refractivity contribution in [2.24, 2.45) is 0 Å². The van der Waals surface area contributed by atoms with Crippen LogP contribution in [-0.2, 0) is 0 Å². The Morgan fingerprint density at radius 3 is 2.00 bits per heavy atom. The molecule has 0 amide bonds. The predicted octanol–water partition coefficient (Wildman–Crippen LogP) is 5.20. The molecule has 4 N–H and O–H groups in total. The Kier molecular flexibility index (Phi) is 4.15. The topological polar surface area (TPSA) is 50.1 Å². The maximum atomic E-state index is 13.0. The molecule has 0 aliphatic carbocycles. The standard InChI is InChI=1S/C19H18FN3/c1-13-2-6-16(7-3-13)23-19-12-17(10-11-18(19)21)22-15-8-4-14(20)5-9-15/h2-12,22-23H,21H2,1H3. The van der Waals surface area contributed by atoms with Crippen LogP contribution in [0.4, 0.5) is 32.8 Å². The van der Waals surface area contributed by atoms with Gasteiger partial charge in [0.2, 0.25) is 0 Å². The number of hydrogen-bond acceptors (Lipinski definition) is 3. The van der Waals surface area contributed by atoms with Gasteiger partial charge in [-0.3, -0.25) is 0 Å². The molecule has 3 aromatic carbocycles. The minimum absolute atomic E-state index is 0.255. The van der Waals surface area contributed by atoms with Crippen molar-refractivity contribution < 1.29 is 4.39 Å². The van der Waals surface area contributed by atoms with Crippen LogP contribution >= 0.6 is 0 Å². The van der Waals surface area contributed by atoms with Crippen LogP contribution in [0.1, 0.15) is 5.56 Å². The number of nitrogens with one attached hydrogen (secondary N) is 2. The largest absolute Gasteiger partial charge is 0.397 e. The molecule has 0 radical (unpaired) electrons. The second-order valence-electron chi connectivity index (χ2n) is 5.42. The number of halogens is 1. The highest BCUT2D eigenvalue weighted by molar-refractivity contribution is 5.78. The van der Waals surface area contributed by atoms with Gasteiger partial charge in [0, 0.05) is 17.1 Å². The van der Waals surface area contributed by atoms with Gasteiger partial charge >= 0.3 is 0 Å². The summed E-state index contributed by atoms with van der Waals surface area (Å²) in [4.78, 5) is 0. The summed E-state index contributed by atoms with van der Waals surface area (Å²) in [5.74, 6) is -0.255. The van der Waals surface area contributed by atoms with Crippen molar-refractivity contribution >= 4 is 28.4 Å². The molecular formula is C19H18FN3. The number of hydrogen-bond donors (Lipinski definition) is 3. The van der Waals surface area contributed by atoms with Crippen LogP contribution in [0.3, 0.4) is 0 Å². The fourth-order valence-electron chi connectivity index (χ4n) is 2.23. The Hall–Kier alpha value is -3.01. The summed E-state index contributed by atoms with van der Waals surface area (Å²) >= 11 is 0. The molecule has 0 aliphatic heterocycles. The van der Waals surface area contributed by atoms with Crippen molar-refractivity contribution in [2.45, 2.75) is 6.92 Å². The average Bonchev–Trinajstić information content (AvgIpc) is 2.55. The third-order valence-electron chi connectivity index (χ3n) is 3.52. The van der Waals surface area contributed by atoms with E-state index >= 15 is 0 Å². The van der Waals surface area contributed by atoms with Crippen LogP contribution in [0.2, 0.25) is 0 Å². The van der Waals surface area contributed by atoms with Gasteiger partial charge in [0.1, 0.15) is 5.82 Å². The fraction of sp³-hybridized carbons (Fsp3) is 0.0526. The number of anilines is 5. The van der Waals surface area contributed by atoms with E-state index < -0.39 is 0 Å². The Morgan fingerprint density at radius 1 is 0.739 bits per heavy atom. The van der Waals surface area contributed by atoms with Gasteiger partial charge in [-0.15, -0.1) is 0 Å². The van der Waals surface area contributed by atoms with Gasteiger partial charge in [0.15, 0.2) is 0 Å². The highest BCUT2D eigenvalue weighted by Gasteiger charge is 2.03. The van der Waals surface area contributed by atoms with E-state index in [0.717, 1.165) is 22.7 Å². The fourth-order valence-corrected chi connectivity index (χ4v) is 2.23. The smallest absolute Gasteiger partial charge is 0.123 e. The molecule has 0 saturated carbocycles. The van der Waals surface area contributed by atoms with Gasteiger partial charge in [0.25, 0.3) is 0 Å². The molecule has 0 aliphatic rings. The number of rotatable bonds is 4. The maximum Gasteiger partial charge on any atom is 0.123 e. The van der Waals surface area contributed by atoms with Gasteiger partial charge in [-0.05, 0) is 61.5 Å². The number of nitrogens with two attached hydrogens (primary N) is 1. The first-order chi connectivity index (χ1) is 11.1. The second-order valence-corrected chi connectivity index (χ2v) is 5.42. The summed E-state index contributed by atoms with van der Waals surface area (Å²) in [6.45, 7) is 2.05. The first-order valence-corrected chi connectivity index (χ1v) is 7.36. The van der Waals surface area contributed by atoms with E-state index in [2.05, 4.69) is 10.6 Å². The molecule has 3 aromatic rings. The molecule has 3 nitrogen and oxygen atoms in total. The average molecular weight is 307 g/mol. The molecule has 0 unspecified atom stereocenters. The SMILES string of the molecule is Cc1ccc(Nc2cc(Nc3ccc(F)cc3)ccc2N)cc1. The third kappa shape index (κ3) is 3.80. The van der Waals surface area contributed by atoms with Crippen molar-refractivity contribution in [1.29, 1.82) is 0 Å². The summed E-state index contributed by atoms with van der Waals surface area (Å²) in [5.41, 5.74) is 11.4. The maximum absolute atomic E-state index is 13.0. The lowest BCUT2D eigenvalue weighted by Gasteiger charge is -2.13. The van der Waals surface area contributed by atoms with Crippen LogP contribution in [0.5, 0.6) is 0 Å². The number of aryl methyl sites for hydroxylation is 1. The van der Waals surface area contributed by atoms with Gasteiger partial charge in [-0.25, -0.2) is 4.39 Å². The van der Waals surface area contributed by atoms with Crippen LogP contribution in [0, 0.1) is 12.7 Å². The minimum atomic E-state index is -0.255. The molecule has 4 heteroatoms. The molecule has 3 rings (SSSR count). The Balaban J connectivity index is 1.81. The Labute approximate surface area is 135 Å². The van der Waals surface area contributed by atoms with Gasteiger partial charge in [0.05, 0.1) is 11.4 Å². The van der Waals surface area contributed by atoms with Crippen LogP contribution in [-0.4, -0.2) is 0 Å². The van der Waals surface area contributed by atoms with E-state index in [-0.39, 0.29) is 5.82 Å². The molecule has 0 saturated heterocycles. The molecular weight excluding hydrogens is 289 g/mol. The summed E-state index contributed by atoms with van der Waals surface area (Å²) in [6.07, 6.45) is 0. The summed E-state index contributed by atoms with van der Waals surface area (Å²) in [5, 5.41) is 6.54. The monoisotopic (exact) mass is 307 g/mol. The lowest BCUT2D eigenvalue weighted by Crippen LogP contribution is -1.98. The van der Waals surface area contributed by atoms with Crippen LogP contribution in [0.25, 0.3) is 0 Å². The zero-order valence-corrected chi connectivity index (χ0v) is 12.8. The van der Waals surface area contributed by atoms with Crippen molar-refractivity contribution in [3.05, 3.63) is 78.1 Å². The van der Waals surface area contributed by atoms with E-state index in [0.29, 0.717) is 5.69 Å². The normalized spacial score (nSPS) is 10.3. The molecule has 23 heavy (non-hydrogen) atoms. The number of benzene rings is 3. The van der Waals surface area contributed by atoms with Crippen molar-refractivity contribution in [2.75, 3.05) is 16.4 Å². The van der Waals surface area contributed by atoms with E-state index in [4.69, 9.17) is 5.73 Å². The minimum Gasteiger partial charge on any atom is -0.397 e. The molecule has 0 atom stereocenters. The lowest BCUT2D eigenvalue weighted by atomic mass is 10.2. The lowest BCUT2D eigenvalue weighted by molar-refractivity contribution is 0.628. The third-order valence-corrected chi connectivity index (χ3v) is 3.52. The summed E-state index contributed by atoms with van der Waals surface area (Å²) < 4.78 is 13.0. The first kappa shape index (κ1) is 14.9. The summed E-state index contributed by atoms with van der Waals surface area (Å²) in [7, 11) is 0.